The fourth-order valence-corrected chi connectivity index (χ4v) is 1.66. The van der Waals surface area contributed by atoms with Crippen LogP contribution in [0.5, 0.6) is 0 Å². The lowest BCUT2D eigenvalue weighted by Crippen LogP contribution is -2.31. The minimum atomic E-state index is 0.503. The Kier molecular flexibility index (Phi) is 4.20. The van der Waals surface area contributed by atoms with Gasteiger partial charge in [-0.1, -0.05) is 29.3 Å². The molecule has 0 radical (unpaired) electrons. The number of aliphatic imine (C=N–C) groups is 1. The molecule has 1 aromatic carbocycles. The monoisotopic (exact) mass is 231 g/mol. The fraction of sp³-hybridized carbons (Fsp3) is 0.222. The molecule has 0 heterocycles. The normalized spacial score (nSPS) is 11.6. The van der Waals surface area contributed by atoms with E-state index in [0.717, 1.165) is 0 Å². The van der Waals surface area contributed by atoms with Gasteiger partial charge in [-0.2, -0.15) is 0 Å². The summed E-state index contributed by atoms with van der Waals surface area (Å²) in [7, 11) is 0. The fourth-order valence-electron chi connectivity index (χ4n) is 1.08. The van der Waals surface area contributed by atoms with E-state index in [-0.39, 0.29) is 0 Å². The van der Waals surface area contributed by atoms with E-state index in [9.17, 15) is 0 Å². The molecule has 0 fully saturated rings. The van der Waals surface area contributed by atoms with Crippen molar-refractivity contribution in [1.29, 1.82) is 0 Å². The van der Waals surface area contributed by atoms with Gasteiger partial charge in [0.15, 0.2) is 0 Å². The first-order valence-corrected chi connectivity index (χ1v) is 4.91. The largest absolute Gasteiger partial charge is 0.308 e. The number of nitrogens with one attached hydrogen (secondary N) is 1. The van der Waals surface area contributed by atoms with Gasteiger partial charge in [-0.25, -0.2) is 5.84 Å². The summed E-state index contributed by atoms with van der Waals surface area (Å²) in [5.41, 5.74) is 3.12. The van der Waals surface area contributed by atoms with Crippen molar-refractivity contribution < 1.29 is 0 Å². The summed E-state index contributed by atoms with van der Waals surface area (Å²) >= 11 is 12.0. The number of hydrogen-bond acceptors (Lipinski definition) is 2. The van der Waals surface area contributed by atoms with Crippen LogP contribution in [-0.2, 0) is 0 Å². The zero-order valence-electron chi connectivity index (χ0n) is 7.72. The lowest BCUT2D eigenvalue weighted by molar-refractivity contribution is 0.992. The highest BCUT2D eigenvalue weighted by molar-refractivity contribution is 6.40. The van der Waals surface area contributed by atoms with E-state index < -0.39 is 0 Å². The number of halogens is 2. The highest BCUT2D eigenvalue weighted by Gasteiger charge is 2.10. The molecule has 5 heteroatoms. The number of amidine groups is 1. The van der Waals surface area contributed by atoms with Gasteiger partial charge in [0.2, 0.25) is 0 Å². The van der Waals surface area contributed by atoms with E-state index in [2.05, 4.69) is 10.4 Å². The van der Waals surface area contributed by atoms with Gasteiger partial charge in [-0.3, -0.25) is 4.99 Å². The van der Waals surface area contributed by atoms with Crippen LogP contribution < -0.4 is 11.3 Å². The second-order valence-electron chi connectivity index (χ2n) is 2.56. The van der Waals surface area contributed by atoms with Gasteiger partial charge in [-0.15, -0.1) is 0 Å². The Labute approximate surface area is 92.9 Å². The van der Waals surface area contributed by atoms with Crippen LogP contribution in [0.4, 0.5) is 0 Å². The quantitative estimate of drug-likeness (QED) is 0.355. The summed E-state index contributed by atoms with van der Waals surface area (Å²) in [6, 6.07) is 5.25. The zero-order chi connectivity index (χ0) is 10.6. The van der Waals surface area contributed by atoms with Crippen LogP contribution >= 0.6 is 23.2 Å². The molecule has 0 saturated carbocycles. The van der Waals surface area contributed by atoms with Crippen LogP contribution in [0.25, 0.3) is 0 Å². The summed E-state index contributed by atoms with van der Waals surface area (Å²) in [4.78, 5) is 4.15. The van der Waals surface area contributed by atoms with Crippen LogP contribution in [-0.4, -0.2) is 12.4 Å². The number of rotatable bonds is 2. The van der Waals surface area contributed by atoms with Gasteiger partial charge in [0, 0.05) is 6.54 Å². The Morgan fingerprint density at radius 3 is 2.43 bits per heavy atom. The van der Waals surface area contributed by atoms with E-state index in [4.69, 9.17) is 29.0 Å². The molecule has 0 aliphatic carbocycles. The summed E-state index contributed by atoms with van der Waals surface area (Å²) in [5, 5.41) is 1.06. The Balaban J connectivity index is 3.22. The molecular formula is C9H11Cl2N3. The maximum Gasteiger partial charge on any atom is 0.145 e. The number of nitrogens with zero attached hydrogens (tertiary/aromatic N) is 1. The number of nitrogens with two attached hydrogens (primary N) is 1. The minimum absolute atomic E-state index is 0.503. The summed E-state index contributed by atoms with van der Waals surface area (Å²) < 4.78 is 0. The van der Waals surface area contributed by atoms with Crippen LogP contribution in [0.1, 0.15) is 12.5 Å². The van der Waals surface area contributed by atoms with Crippen molar-refractivity contribution in [2.24, 2.45) is 10.8 Å². The van der Waals surface area contributed by atoms with Gasteiger partial charge in [0.1, 0.15) is 5.84 Å². The molecule has 14 heavy (non-hydrogen) atoms. The number of benzene rings is 1. The van der Waals surface area contributed by atoms with Gasteiger partial charge in [0.05, 0.1) is 15.6 Å². The maximum absolute atomic E-state index is 5.98. The lowest BCUT2D eigenvalue weighted by Gasteiger charge is -2.09. The Morgan fingerprint density at radius 1 is 1.43 bits per heavy atom. The minimum Gasteiger partial charge on any atom is -0.308 e. The highest BCUT2D eigenvalue weighted by atomic mass is 35.5. The first-order chi connectivity index (χ1) is 6.70. The molecule has 1 aromatic rings. The summed E-state index contributed by atoms with van der Waals surface area (Å²) in [5.74, 6) is 5.83. The molecule has 76 valence electrons. The molecule has 3 nitrogen and oxygen atoms in total. The molecule has 0 atom stereocenters. The summed E-state index contributed by atoms with van der Waals surface area (Å²) in [6.07, 6.45) is 0. The average Bonchev–Trinajstić information content (AvgIpc) is 2.16. The van der Waals surface area contributed by atoms with Crippen molar-refractivity contribution in [3.63, 3.8) is 0 Å². The molecule has 0 spiro atoms. The Bertz CT molecular complexity index is 330. The van der Waals surface area contributed by atoms with Crippen molar-refractivity contribution in [1.82, 2.24) is 5.43 Å². The second kappa shape index (κ2) is 5.20. The standard InChI is InChI=1S/C9H11Cl2N3/c1-2-13-9(14-12)8-6(10)4-3-5-7(8)11/h3-5H,2,12H2,1H3,(H,13,14). The summed E-state index contributed by atoms with van der Waals surface area (Å²) in [6.45, 7) is 2.52. The van der Waals surface area contributed by atoms with E-state index in [1.807, 2.05) is 6.92 Å². The molecule has 1 rings (SSSR count). The third kappa shape index (κ3) is 2.38. The maximum atomic E-state index is 5.98. The first-order valence-electron chi connectivity index (χ1n) is 4.16. The van der Waals surface area contributed by atoms with Crippen molar-refractivity contribution in [2.75, 3.05) is 6.54 Å². The van der Waals surface area contributed by atoms with Crippen LogP contribution in [0.3, 0.4) is 0 Å². The molecule has 0 aromatic heterocycles. The molecule has 0 aliphatic heterocycles. The predicted octanol–water partition coefficient (Wildman–Crippen LogP) is 2.22. The highest BCUT2D eigenvalue weighted by Crippen LogP contribution is 2.24. The lowest BCUT2D eigenvalue weighted by atomic mass is 10.2. The molecule has 0 aliphatic rings. The topological polar surface area (TPSA) is 50.4 Å². The molecule has 0 bridgehead atoms. The van der Waals surface area contributed by atoms with Gasteiger partial charge in [-0.05, 0) is 19.1 Å². The number of hydrazine groups is 1. The van der Waals surface area contributed by atoms with Gasteiger partial charge in [0.25, 0.3) is 0 Å². The van der Waals surface area contributed by atoms with Gasteiger partial charge >= 0.3 is 0 Å². The van der Waals surface area contributed by atoms with Crippen molar-refractivity contribution in [3.8, 4) is 0 Å². The van der Waals surface area contributed by atoms with E-state index in [1.54, 1.807) is 18.2 Å². The number of hydrogen-bond donors (Lipinski definition) is 2. The van der Waals surface area contributed by atoms with Crippen LogP contribution in [0.15, 0.2) is 23.2 Å². The molecule has 0 saturated heterocycles. The molecule has 3 N–H and O–H groups in total. The smallest absolute Gasteiger partial charge is 0.145 e. The SMILES string of the molecule is CCN=C(NN)c1c(Cl)cccc1Cl. The van der Waals surface area contributed by atoms with Crippen molar-refractivity contribution in [2.45, 2.75) is 6.92 Å². The molecule has 0 amide bonds. The van der Waals surface area contributed by atoms with Crippen LogP contribution in [0, 0.1) is 0 Å². The van der Waals surface area contributed by atoms with E-state index in [1.165, 1.54) is 0 Å². The zero-order valence-corrected chi connectivity index (χ0v) is 9.23. The van der Waals surface area contributed by atoms with E-state index in [0.29, 0.717) is 28.0 Å². The first kappa shape index (κ1) is 11.3. The Hall–Kier alpha value is -0.770. The predicted molar refractivity (Wildman–Crippen MR) is 60.9 cm³/mol. The molecular weight excluding hydrogens is 221 g/mol. The van der Waals surface area contributed by atoms with Crippen LogP contribution in [0.2, 0.25) is 10.0 Å². The third-order valence-electron chi connectivity index (χ3n) is 1.65. The van der Waals surface area contributed by atoms with E-state index >= 15 is 0 Å². The van der Waals surface area contributed by atoms with Crippen molar-refractivity contribution in [3.05, 3.63) is 33.8 Å². The third-order valence-corrected chi connectivity index (χ3v) is 2.28. The Morgan fingerprint density at radius 2 is 2.00 bits per heavy atom. The molecule has 0 unspecified atom stereocenters. The van der Waals surface area contributed by atoms with Gasteiger partial charge < -0.3 is 5.43 Å². The average molecular weight is 232 g/mol. The second-order valence-corrected chi connectivity index (χ2v) is 3.38. The van der Waals surface area contributed by atoms with Crippen molar-refractivity contribution >= 4 is 29.0 Å².